The molecule has 0 saturated carbocycles. The summed E-state index contributed by atoms with van der Waals surface area (Å²) in [6.45, 7) is 0.533. The summed E-state index contributed by atoms with van der Waals surface area (Å²) in [7, 11) is -2.15. The molecule has 0 N–H and O–H groups in total. The average Bonchev–Trinajstić information content (AvgIpc) is 3.28. The van der Waals surface area contributed by atoms with Gasteiger partial charge in [-0.25, -0.2) is 22.3 Å². The number of piperidine rings is 1. The highest BCUT2D eigenvalue weighted by atomic mass is 32.2. The topological polar surface area (TPSA) is 109 Å². The summed E-state index contributed by atoms with van der Waals surface area (Å²) in [5, 5.41) is 17.0. The van der Waals surface area contributed by atoms with Crippen LogP contribution in [-0.2, 0) is 23.5 Å². The minimum absolute atomic E-state index is 0.0370. The van der Waals surface area contributed by atoms with Crippen LogP contribution in [0.25, 0.3) is 5.65 Å². The monoisotopic (exact) mass is 403 g/mol. The van der Waals surface area contributed by atoms with Crippen LogP contribution in [0, 0.1) is 17.1 Å². The fraction of sp³-hybridized carbons (Fsp3) is 0.412. The predicted molar refractivity (Wildman–Crippen MR) is 96.2 cm³/mol. The molecule has 0 aromatic carbocycles. The minimum Gasteiger partial charge on any atom is -0.270 e. The number of hydrogen-bond acceptors (Lipinski definition) is 6. The van der Waals surface area contributed by atoms with Gasteiger partial charge >= 0.3 is 0 Å². The second kappa shape index (κ2) is 6.96. The van der Waals surface area contributed by atoms with E-state index in [0.717, 1.165) is 0 Å². The number of nitriles is 1. The third-order valence-electron chi connectivity index (χ3n) is 5.18. The van der Waals surface area contributed by atoms with Crippen LogP contribution < -0.4 is 0 Å². The summed E-state index contributed by atoms with van der Waals surface area (Å²) < 4.78 is 44.8. The Morgan fingerprint density at radius 1 is 1.32 bits per heavy atom. The molecule has 3 aromatic heterocycles. The van der Waals surface area contributed by atoms with Crippen LogP contribution in [-0.4, -0.2) is 50.2 Å². The molecule has 1 fully saturated rings. The number of nitrogens with zero attached hydrogens (tertiary/aromatic N) is 7. The summed E-state index contributed by atoms with van der Waals surface area (Å²) in [5.74, 6) is -0.460. The van der Waals surface area contributed by atoms with E-state index >= 15 is 0 Å². The lowest BCUT2D eigenvalue weighted by molar-refractivity contribution is 0.315. The number of sulfonamides is 1. The van der Waals surface area contributed by atoms with E-state index in [-0.39, 0.29) is 36.1 Å². The number of rotatable bonds is 4. The van der Waals surface area contributed by atoms with Gasteiger partial charge in [0, 0.05) is 38.0 Å². The summed E-state index contributed by atoms with van der Waals surface area (Å²) >= 11 is 0. The third kappa shape index (κ3) is 3.04. The van der Waals surface area contributed by atoms with Crippen LogP contribution in [0.15, 0.2) is 29.7 Å². The number of fused-ring (bicyclic) bond motifs is 1. The van der Waals surface area contributed by atoms with E-state index in [1.54, 1.807) is 13.2 Å². The molecule has 0 spiro atoms. The second-order valence-corrected chi connectivity index (χ2v) is 8.64. The van der Waals surface area contributed by atoms with E-state index in [1.165, 1.54) is 32.1 Å². The van der Waals surface area contributed by atoms with Gasteiger partial charge in [0.25, 0.3) is 0 Å². The van der Waals surface area contributed by atoms with E-state index in [9.17, 15) is 12.8 Å². The lowest BCUT2D eigenvalue weighted by atomic mass is 9.91. The van der Waals surface area contributed by atoms with Crippen molar-refractivity contribution in [3.63, 3.8) is 0 Å². The van der Waals surface area contributed by atoms with E-state index < -0.39 is 10.0 Å². The first-order chi connectivity index (χ1) is 13.4. The van der Waals surface area contributed by atoms with Crippen LogP contribution in [0.3, 0.4) is 0 Å². The van der Waals surface area contributed by atoms with Crippen LogP contribution >= 0.6 is 0 Å². The molecule has 0 unspecified atom stereocenters. The van der Waals surface area contributed by atoms with Crippen LogP contribution in [0.2, 0.25) is 0 Å². The summed E-state index contributed by atoms with van der Waals surface area (Å²) in [4.78, 5) is 4.02. The molecule has 0 bridgehead atoms. The zero-order valence-corrected chi connectivity index (χ0v) is 16.0. The Bertz CT molecular complexity index is 1170. The molecule has 0 aliphatic carbocycles. The van der Waals surface area contributed by atoms with Gasteiger partial charge in [0.2, 0.25) is 10.0 Å². The molecule has 4 rings (SSSR count). The first kappa shape index (κ1) is 18.5. The lowest BCUT2D eigenvalue weighted by Gasteiger charge is -2.31. The standard InChI is InChI=1S/C17H18FN7O2S/c1-23-15(2-5-19)16(9-21-23)28(26,27)24-6-3-12(4-7-24)13-10-25-17(8-14(13)18)20-11-22-25/h8-12H,2-4,6-7H2,1H3. The fourth-order valence-electron chi connectivity index (χ4n) is 3.63. The summed E-state index contributed by atoms with van der Waals surface area (Å²) in [5.41, 5.74) is 1.32. The molecule has 1 aliphatic heterocycles. The van der Waals surface area contributed by atoms with Crippen molar-refractivity contribution in [1.29, 1.82) is 5.26 Å². The number of halogens is 1. The zero-order chi connectivity index (χ0) is 19.9. The minimum atomic E-state index is -3.76. The molecule has 3 aromatic rings. The maximum Gasteiger partial charge on any atom is 0.246 e. The maximum atomic E-state index is 14.5. The Morgan fingerprint density at radius 2 is 2.07 bits per heavy atom. The molecule has 146 valence electrons. The molecular formula is C17H18FN7O2S. The SMILES string of the molecule is Cn1ncc(S(=O)(=O)N2CCC(c3cn4ncnc4cc3F)CC2)c1CC#N. The highest BCUT2D eigenvalue weighted by molar-refractivity contribution is 7.89. The molecule has 1 aliphatic rings. The van der Waals surface area contributed by atoms with Gasteiger partial charge in [0.1, 0.15) is 17.0 Å². The fourth-order valence-corrected chi connectivity index (χ4v) is 5.29. The smallest absolute Gasteiger partial charge is 0.246 e. The molecule has 0 atom stereocenters. The molecule has 11 heteroatoms. The van der Waals surface area contributed by atoms with Crippen molar-refractivity contribution >= 4 is 15.7 Å². The number of aromatic nitrogens is 5. The van der Waals surface area contributed by atoms with E-state index in [0.29, 0.717) is 29.7 Å². The molecular weight excluding hydrogens is 385 g/mol. The van der Waals surface area contributed by atoms with Gasteiger partial charge in [0.05, 0.1) is 24.4 Å². The third-order valence-corrected chi connectivity index (χ3v) is 7.12. The number of hydrogen-bond donors (Lipinski definition) is 0. The molecule has 0 radical (unpaired) electrons. The van der Waals surface area contributed by atoms with Crippen molar-refractivity contribution in [2.45, 2.75) is 30.1 Å². The first-order valence-electron chi connectivity index (χ1n) is 8.78. The summed E-state index contributed by atoms with van der Waals surface area (Å²) in [6, 6.07) is 3.32. The quantitative estimate of drug-likeness (QED) is 0.648. The van der Waals surface area contributed by atoms with Crippen molar-refractivity contribution in [2.24, 2.45) is 7.05 Å². The Balaban J connectivity index is 1.55. The van der Waals surface area contributed by atoms with Gasteiger partial charge in [-0.05, 0) is 18.8 Å². The normalized spacial score (nSPS) is 16.5. The van der Waals surface area contributed by atoms with Crippen molar-refractivity contribution < 1.29 is 12.8 Å². The molecule has 4 heterocycles. The van der Waals surface area contributed by atoms with E-state index in [1.807, 2.05) is 6.07 Å². The molecule has 28 heavy (non-hydrogen) atoms. The van der Waals surface area contributed by atoms with Crippen molar-refractivity contribution in [3.05, 3.63) is 41.9 Å². The van der Waals surface area contributed by atoms with Gasteiger partial charge in [0.15, 0.2) is 5.65 Å². The van der Waals surface area contributed by atoms with Crippen LogP contribution in [0.4, 0.5) is 4.39 Å². The lowest BCUT2D eigenvalue weighted by Crippen LogP contribution is -2.38. The van der Waals surface area contributed by atoms with Crippen LogP contribution in [0.5, 0.6) is 0 Å². The second-order valence-electron chi connectivity index (χ2n) is 6.73. The van der Waals surface area contributed by atoms with Gasteiger partial charge in [-0.1, -0.05) is 0 Å². The average molecular weight is 403 g/mol. The van der Waals surface area contributed by atoms with Gasteiger partial charge in [-0.15, -0.1) is 0 Å². The van der Waals surface area contributed by atoms with Crippen LogP contribution in [0.1, 0.15) is 30.0 Å². The summed E-state index contributed by atoms with van der Waals surface area (Å²) in [6.07, 6.45) is 5.21. The predicted octanol–water partition coefficient (Wildman–Crippen LogP) is 1.24. The molecule has 9 nitrogen and oxygen atoms in total. The highest BCUT2D eigenvalue weighted by Crippen LogP contribution is 2.32. The number of pyridine rings is 1. The Morgan fingerprint density at radius 3 is 2.79 bits per heavy atom. The largest absolute Gasteiger partial charge is 0.270 e. The zero-order valence-electron chi connectivity index (χ0n) is 15.2. The highest BCUT2D eigenvalue weighted by Gasteiger charge is 2.33. The molecule has 1 saturated heterocycles. The van der Waals surface area contributed by atoms with E-state index in [2.05, 4.69) is 15.2 Å². The Labute approximate surface area is 161 Å². The van der Waals surface area contributed by atoms with Crippen molar-refractivity contribution in [3.8, 4) is 6.07 Å². The van der Waals surface area contributed by atoms with Crippen molar-refractivity contribution in [2.75, 3.05) is 13.1 Å². The van der Waals surface area contributed by atoms with Gasteiger partial charge in [-0.2, -0.15) is 19.8 Å². The Kier molecular flexibility index (Phi) is 4.60. The first-order valence-corrected chi connectivity index (χ1v) is 10.2. The molecule has 0 amide bonds. The Hall–Kier alpha value is -2.84. The van der Waals surface area contributed by atoms with Gasteiger partial charge < -0.3 is 0 Å². The van der Waals surface area contributed by atoms with E-state index in [4.69, 9.17) is 5.26 Å². The maximum absolute atomic E-state index is 14.5. The van der Waals surface area contributed by atoms with Gasteiger partial charge in [-0.3, -0.25) is 4.68 Å². The number of aryl methyl sites for hydroxylation is 1. The van der Waals surface area contributed by atoms with Crippen molar-refractivity contribution in [1.82, 2.24) is 28.7 Å².